The minimum absolute atomic E-state index is 0.479. The van der Waals surface area contributed by atoms with E-state index in [0.717, 1.165) is 35.1 Å². The molecule has 4 aliphatic rings. The van der Waals surface area contributed by atoms with Gasteiger partial charge < -0.3 is 10.1 Å². The lowest BCUT2D eigenvalue weighted by Gasteiger charge is -2.54. The average Bonchev–Trinajstić information content (AvgIpc) is 2.70. The number of carboxylic acids is 1. The van der Waals surface area contributed by atoms with Crippen molar-refractivity contribution in [3.05, 3.63) is 23.0 Å². The molecule has 4 saturated carbocycles. The van der Waals surface area contributed by atoms with Gasteiger partial charge in [-0.25, -0.2) is 4.79 Å². The predicted octanol–water partition coefficient (Wildman–Crippen LogP) is 3.56. The molecule has 0 spiro atoms. The summed E-state index contributed by atoms with van der Waals surface area (Å²) < 4.78 is 0. The zero-order valence-electron chi connectivity index (χ0n) is 11.4. The molecule has 1 aromatic heterocycles. The van der Waals surface area contributed by atoms with Crippen molar-refractivity contribution in [2.24, 2.45) is 23.7 Å². The van der Waals surface area contributed by atoms with E-state index >= 15 is 0 Å². The first kappa shape index (κ1) is 11.6. The number of hydrogen-bond donors (Lipinski definition) is 2. The third kappa shape index (κ3) is 1.67. The average molecular weight is 259 g/mol. The maximum absolute atomic E-state index is 11.5. The van der Waals surface area contributed by atoms with Crippen molar-refractivity contribution < 1.29 is 9.90 Å². The van der Waals surface area contributed by atoms with Gasteiger partial charge in [0.1, 0.15) is 0 Å². The number of aryl methyl sites for hydroxylation is 1. The highest BCUT2D eigenvalue weighted by Gasteiger charge is 2.49. The number of hydrogen-bond acceptors (Lipinski definition) is 1. The van der Waals surface area contributed by atoms with Crippen LogP contribution in [0.5, 0.6) is 0 Å². The lowest BCUT2D eigenvalue weighted by Crippen LogP contribution is -2.44. The zero-order chi connectivity index (χ0) is 13.1. The van der Waals surface area contributed by atoms with Crippen molar-refractivity contribution in [1.82, 2.24) is 4.98 Å². The number of H-pyrrole nitrogens is 1. The Labute approximate surface area is 113 Å². The van der Waals surface area contributed by atoms with Gasteiger partial charge in [0.25, 0.3) is 0 Å². The summed E-state index contributed by atoms with van der Waals surface area (Å²) in [5.74, 6) is 3.03. The molecule has 102 valence electrons. The summed E-state index contributed by atoms with van der Waals surface area (Å²) in [5.41, 5.74) is 2.54. The lowest BCUT2D eigenvalue weighted by molar-refractivity contribution is -0.00438. The van der Waals surface area contributed by atoms with E-state index < -0.39 is 5.97 Å². The molecule has 1 heterocycles. The summed E-state index contributed by atoms with van der Waals surface area (Å²) in [5, 5.41) is 9.41. The Hall–Kier alpha value is -1.25. The van der Waals surface area contributed by atoms with Crippen molar-refractivity contribution in [1.29, 1.82) is 0 Å². The van der Waals surface area contributed by atoms with Gasteiger partial charge in [0, 0.05) is 17.3 Å². The molecular weight excluding hydrogens is 238 g/mol. The smallest absolute Gasteiger partial charge is 0.337 e. The number of aromatic amines is 1. The van der Waals surface area contributed by atoms with Crippen LogP contribution in [0.2, 0.25) is 0 Å². The maximum Gasteiger partial charge on any atom is 0.337 e. The van der Waals surface area contributed by atoms with Gasteiger partial charge in [-0.05, 0) is 68.8 Å². The van der Waals surface area contributed by atoms with Crippen LogP contribution in [0.1, 0.15) is 59.8 Å². The zero-order valence-corrected chi connectivity index (χ0v) is 11.4. The SMILES string of the molecule is Cc1cc(C(=O)O)c(C2C3CC4CC(C3)CC2C4)[nH]1. The number of carboxylic acid groups (broad SMARTS) is 1. The second-order valence-electron chi connectivity index (χ2n) is 7.04. The van der Waals surface area contributed by atoms with Crippen LogP contribution in [0.4, 0.5) is 0 Å². The second-order valence-corrected chi connectivity index (χ2v) is 7.04. The maximum atomic E-state index is 11.5. The van der Waals surface area contributed by atoms with Gasteiger partial charge in [0.15, 0.2) is 0 Å². The van der Waals surface area contributed by atoms with E-state index in [1.807, 2.05) is 13.0 Å². The van der Waals surface area contributed by atoms with Gasteiger partial charge in [-0.1, -0.05) is 0 Å². The summed E-state index contributed by atoms with van der Waals surface area (Å²) in [6.07, 6.45) is 6.75. The molecule has 4 bridgehead atoms. The molecule has 0 saturated heterocycles. The quantitative estimate of drug-likeness (QED) is 0.853. The fourth-order valence-corrected chi connectivity index (χ4v) is 5.45. The molecule has 0 aromatic carbocycles. The number of aromatic nitrogens is 1. The summed E-state index contributed by atoms with van der Waals surface area (Å²) in [6, 6.07) is 1.81. The van der Waals surface area contributed by atoms with E-state index in [-0.39, 0.29) is 0 Å². The van der Waals surface area contributed by atoms with Gasteiger partial charge >= 0.3 is 5.97 Å². The summed E-state index contributed by atoms with van der Waals surface area (Å²) >= 11 is 0. The highest BCUT2D eigenvalue weighted by Crippen LogP contribution is 2.59. The van der Waals surface area contributed by atoms with Gasteiger partial charge in [-0.15, -0.1) is 0 Å². The molecule has 5 rings (SSSR count). The van der Waals surface area contributed by atoms with Crippen LogP contribution in [0.25, 0.3) is 0 Å². The van der Waals surface area contributed by atoms with Gasteiger partial charge in [0.05, 0.1) is 5.56 Å². The minimum atomic E-state index is -0.770. The van der Waals surface area contributed by atoms with E-state index in [1.165, 1.54) is 32.1 Å². The Balaban J connectivity index is 1.74. The Morgan fingerprint density at radius 3 is 2.26 bits per heavy atom. The highest BCUT2D eigenvalue weighted by molar-refractivity contribution is 5.89. The molecule has 0 unspecified atom stereocenters. The van der Waals surface area contributed by atoms with E-state index in [0.29, 0.717) is 11.5 Å². The summed E-state index contributed by atoms with van der Waals surface area (Å²) in [6.45, 7) is 1.96. The molecule has 0 amide bonds. The topological polar surface area (TPSA) is 53.1 Å². The number of aromatic carboxylic acids is 1. The molecule has 2 N–H and O–H groups in total. The van der Waals surface area contributed by atoms with E-state index in [4.69, 9.17) is 0 Å². The van der Waals surface area contributed by atoms with Crippen LogP contribution in [-0.4, -0.2) is 16.1 Å². The number of carbonyl (C=O) groups is 1. The Morgan fingerprint density at radius 2 is 1.74 bits per heavy atom. The fourth-order valence-electron chi connectivity index (χ4n) is 5.45. The Kier molecular flexibility index (Phi) is 2.36. The number of rotatable bonds is 2. The Morgan fingerprint density at radius 1 is 1.16 bits per heavy atom. The van der Waals surface area contributed by atoms with E-state index in [9.17, 15) is 9.90 Å². The predicted molar refractivity (Wildman–Crippen MR) is 72.3 cm³/mol. The number of nitrogens with one attached hydrogen (secondary N) is 1. The molecule has 3 heteroatoms. The monoisotopic (exact) mass is 259 g/mol. The van der Waals surface area contributed by atoms with Gasteiger partial charge in [0.2, 0.25) is 0 Å². The molecule has 0 aliphatic heterocycles. The van der Waals surface area contributed by atoms with Crippen LogP contribution < -0.4 is 0 Å². The molecule has 1 aromatic rings. The van der Waals surface area contributed by atoms with Crippen molar-refractivity contribution in [3.63, 3.8) is 0 Å². The molecule has 19 heavy (non-hydrogen) atoms. The first-order valence-electron chi connectivity index (χ1n) is 7.54. The van der Waals surface area contributed by atoms with Crippen molar-refractivity contribution in [2.45, 2.75) is 44.9 Å². The molecular formula is C16H21NO2. The third-order valence-corrected chi connectivity index (χ3v) is 5.77. The standard InChI is InChI=1S/C16H21NO2/c1-8-2-13(16(18)19)15(17-8)14-11-4-9-3-10(6-11)7-12(14)5-9/h2,9-12,14,17H,3-7H2,1H3,(H,18,19). The molecule has 0 atom stereocenters. The molecule has 4 aliphatic carbocycles. The second kappa shape index (κ2) is 3.87. The van der Waals surface area contributed by atoms with Crippen LogP contribution >= 0.6 is 0 Å². The summed E-state index contributed by atoms with van der Waals surface area (Å²) in [7, 11) is 0. The lowest BCUT2D eigenvalue weighted by atomic mass is 9.51. The van der Waals surface area contributed by atoms with E-state index in [1.54, 1.807) is 0 Å². The first-order chi connectivity index (χ1) is 9.11. The highest BCUT2D eigenvalue weighted by atomic mass is 16.4. The van der Waals surface area contributed by atoms with Gasteiger partial charge in [-0.2, -0.15) is 0 Å². The minimum Gasteiger partial charge on any atom is -0.478 e. The van der Waals surface area contributed by atoms with Crippen molar-refractivity contribution >= 4 is 5.97 Å². The largest absolute Gasteiger partial charge is 0.478 e. The normalized spacial score (nSPS) is 39.7. The fraction of sp³-hybridized carbons (Fsp3) is 0.688. The van der Waals surface area contributed by atoms with Crippen molar-refractivity contribution in [2.75, 3.05) is 0 Å². The molecule has 3 nitrogen and oxygen atoms in total. The van der Waals surface area contributed by atoms with Crippen LogP contribution in [-0.2, 0) is 0 Å². The van der Waals surface area contributed by atoms with Crippen LogP contribution in [0, 0.1) is 30.6 Å². The van der Waals surface area contributed by atoms with Crippen molar-refractivity contribution in [3.8, 4) is 0 Å². The third-order valence-electron chi connectivity index (χ3n) is 5.77. The molecule has 4 fully saturated rings. The first-order valence-corrected chi connectivity index (χ1v) is 7.54. The van der Waals surface area contributed by atoms with Gasteiger partial charge in [-0.3, -0.25) is 0 Å². The van der Waals surface area contributed by atoms with E-state index in [2.05, 4.69) is 4.98 Å². The summed E-state index contributed by atoms with van der Waals surface area (Å²) in [4.78, 5) is 14.8. The van der Waals surface area contributed by atoms with Crippen LogP contribution in [0.3, 0.4) is 0 Å². The molecule has 0 radical (unpaired) electrons. The Bertz CT molecular complexity index is 503. The van der Waals surface area contributed by atoms with Crippen LogP contribution in [0.15, 0.2) is 6.07 Å².